The van der Waals surface area contributed by atoms with Crippen LogP contribution in [0.15, 0.2) is 0 Å². The largest absolute Gasteiger partial charge is 0.381 e. The summed E-state index contributed by atoms with van der Waals surface area (Å²) in [6.45, 7) is 7.83. The van der Waals surface area contributed by atoms with Crippen molar-refractivity contribution in [2.45, 2.75) is 19.3 Å². The van der Waals surface area contributed by atoms with E-state index in [0.29, 0.717) is 5.41 Å². The number of nitrogens with zero attached hydrogens (tertiary/aromatic N) is 1. The summed E-state index contributed by atoms with van der Waals surface area (Å²) >= 11 is 0. The first-order valence-corrected chi connectivity index (χ1v) is 6.24. The van der Waals surface area contributed by atoms with E-state index in [4.69, 9.17) is 9.47 Å². The molecule has 3 aliphatic rings. The molecule has 3 fully saturated rings. The molecule has 0 aromatic rings. The summed E-state index contributed by atoms with van der Waals surface area (Å²) in [5, 5.41) is 0. The predicted molar refractivity (Wildman–Crippen MR) is 57.9 cm³/mol. The summed E-state index contributed by atoms with van der Waals surface area (Å²) in [5.74, 6) is 0.802. The van der Waals surface area contributed by atoms with Crippen LogP contribution in [0.25, 0.3) is 0 Å². The number of piperidine rings is 1. The van der Waals surface area contributed by atoms with Crippen molar-refractivity contribution in [1.82, 2.24) is 4.90 Å². The van der Waals surface area contributed by atoms with Gasteiger partial charge in [0.2, 0.25) is 0 Å². The van der Waals surface area contributed by atoms with Gasteiger partial charge in [-0.25, -0.2) is 0 Å². The Kier molecular flexibility index (Phi) is 2.71. The van der Waals surface area contributed by atoms with Crippen LogP contribution in [0.4, 0.5) is 0 Å². The topological polar surface area (TPSA) is 21.7 Å². The standard InChI is InChI=1S/C12H21NO2/c1-6-14-8-11(1)7-13-4-2-12(3-5-13)9-15-10-12/h11H,1-10H2/t11-/m1/s1. The lowest BCUT2D eigenvalue weighted by Crippen LogP contribution is -2.51. The molecule has 3 nitrogen and oxygen atoms in total. The fourth-order valence-electron chi connectivity index (χ4n) is 2.98. The van der Waals surface area contributed by atoms with Crippen LogP contribution in [-0.4, -0.2) is 51.0 Å². The Morgan fingerprint density at radius 2 is 1.93 bits per heavy atom. The number of hydrogen-bond donors (Lipinski definition) is 0. The Labute approximate surface area is 91.7 Å². The van der Waals surface area contributed by atoms with E-state index in [-0.39, 0.29) is 0 Å². The number of hydrogen-bond acceptors (Lipinski definition) is 3. The molecule has 3 aliphatic heterocycles. The summed E-state index contributed by atoms with van der Waals surface area (Å²) in [6, 6.07) is 0. The summed E-state index contributed by atoms with van der Waals surface area (Å²) in [6.07, 6.45) is 3.96. The molecule has 3 heterocycles. The molecule has 0 unspecified atom stereocenters. The molecule has 86 valence electrons. The zero-order valence-corrected chi connectivity index (χ0v) is 9.41. The molecule has 0 saturated carbocycles. The van der Waals surface area contributed by atoms with Crippen LogP contribution in [0.5, 0.6) is 0 Å². The Morgan fingerprint density at radius 3 is 2.47 bits per heavy atom. The van der Waals surface area contributed by atoms with Crippen LogP contribution in [0.2, 0.25) is 0 Å². The SMILES string of the molecule is C1C[C@H](CN2CCC3(CC2)COC3)CO1. The maximum Gasteiger partial charge on any atom is 0.0545 e. The monoisotopic (exact) mass is 211 g/mol. The molecule has 3 saturated heterocycles. The molecule has 0 amide bonds. The summed E-state index contributed by atoms with van der Waals surface area (Å²) in [7, 11) is 0. The molecule has 0 aromatic heterocycles. The van der Waals surface area contributed by atoms with Gasteiger partial charge in [0.15, 0.2) is 0 Å². The lowest BCUT2D eigenvalue weighted by atomic mass is 9.76. The van der Waals surface area contributed by atoms with Crippen molar-refractivity contribution >= 4 is 0 Å². The van der Waals surface area contributed by atoms with Crippen LogP contribution in [0.1, 0.15) is 19.3 Å². The Balaban J connectivity index is 1.45. The normalized spacial score (nSPS) is 35.6. The Hall–Kier alpha value is -0.120. The maximum atomic E-state index is 5.43. The Morgan fingerprint density at radius 1 is 1.13 bits per heavy atom. The van der Waals surface area contributed by atoms with Crippen LogP contribution < -0.4 is 0 Å². The van der Waals surface area contributed by atoms with Crippen molar-refractivity contribution in [2.75, 3.05) is 46.1 Å². The molecular formula is C12H21NO2. The molecule has 0 aliphatic carbocycles. The van der Waals surface area contributed by atoms with E-state index in [1.165, 1.54) is 38.9 Å². The van der Waals surface area contributed by atoms with E-state index in [0.717, 1.165) is 32.3 Å². The fourth-order valence-corrected chi connectivity index (χ4v) is 2.98. The highest BCUT2D eigenvalue weighted by molar-refractivity contribution is 4.91. The molecule has 0 radical (unpaired) electrons. The molecular weight excluding hydrogens is 190 g/mol. The lowest BCUT2D eigenvalue weighted by molar-refractivity contribution is -0.140. The van der Waals surface area contributed by atoms with Gasteiger partial charge in [-0.2, -0.15) is 0 Å². The van der Waals surface area contributed by atoms with E-state index < -0.39 is 0 Å². The number of likely N-dealkylation sites (tertiary alicyclic amines) is 1. The lowest BCUT2D eigenvalue weighted by Gasteiger charge is -2.47. The number of ether oxygens (including phenoxy) is 2. The van der Waals surface area contributed by atoms with Gasteiger partial charge in [0.1, 0.15) is 0 Å². The first-order chi connectivity index (χ1) is 7.36. The van der Waals surface area contributed by atoms with Crippen LogP contribution in [0.3, 0.4) is 0 Å². The third-order valence-corrected chi connectivity index (χ3v) is 4.27. The van der Waals surface area contributed by atoms with Crippen molar-refractivity contribution in [1.29, 1.82) is 0 Å². The highest BCUT2D eigenvalue weighted by Gasteiger charge is 2.41. The van der Waals surface area contributed by atoms with Gasteiger partial charge in [-0.15, -0.1) is 0 Å². The molecule has 1 atom stereocenters. The smallest absolute Gasteiger partial charge is 0.0545 e. The second-order valence-corrected chi connectivity index (χ2v) is 5.52. The minimum absolute atomic E-state index is 0.586. The third kappa shape index (κ3) is 2.05. The molecule has 0 aromatic carbocycles. The van der Waals surface area contributed by atoms with Gasteiger partial charge < -0.3 is 14.4 Å². The second kappa shape index (κ2) is 4.04. The van der Waals surface area contributed by atoms with Crippen LogP contribution >= 0.6 is 0 Å². The highest BCUT2D eigenvalue weighted by atomic mass is 16.5. The van der Waals surface area contributed by atoms with Crippen molar-refractivity contribution in [3.8, 4) is 0 Å². The van der Waals surface area contributed by atoms with Gasteiger partial charge >= 0.3 is 0 Å². The van der Waals surface area contributed by atoms with E-state index >= 15 is 0 Å². The summed E-state index contributed by atoms with van der Waals surface area (Å²) in [4.78, 5) is 2.63. The quantitative estimate of drug-likeness (QED) is 0.683. The van der Waals surface area contributed by atoms with Gasteiger partial charge in [0.05, 0.1) is 19.8 Å². The highest BCUT2D eigenvalue weighted by Crippen LogP contribution is 2.38. The van der Waals surface area contributed by atoms with Crippen molar-refractivity contribution in [3.05, 3.63) is 0 Å². The fraction of sp³-hybridized carbons (Fsp3) is 1.00. The van der Waals surface area contributed by atoms with Gasteiger partial charge in [-0.1, -0.05) is 0 Å². The van der Waals surface area contributed by atoms with Crippen LogP contribution in [-0.2, 0) is 9.47 Å². The second-order valence-electron chi connectivity index (χ2n) is 5.52. The van der Waals surface area contributed by atoms with Crippen molar-refractivity contribution in [2.24, 2.45) is 11.3 Å². The van der Waals surface area contributed by atoms with Gasteiger partial charge in [0.25, 0.3) is 0 Å². The zero-order valence-electron chi connectivity index (χ0n) is 9.41. The molecule has 15 heavy (non-hydrogen) atoms. The van der Waals surface area contributed by atoms with Crippen molar-refractivity contribution in [3.63, 3.8) is 0 Å². The van der Waals surface area contributed by atoms with Crippen LogP contribution in [0, 0.1) is 11.3 Å². The van der Waals surface area contributed by atoms with Gasteiger partial charge in [-0.3, -0.25) is 0 Å². The molecule has 0 bridgehead atoms. The van der Waals surface area contributed by atoms with Crippen molar-refractivity contribution < 1.29 is 9.47 Å². The molecule has 0 N–H and O–H groups in total. The predicted octanol–water partition coefficient (Wildman–Crippen LogP) is 1.14. The Bertz CT molecular complexity index is 212. The van der Waals surface area contributed by atoms with E-state index in [1.807, 2.05) is 0 Å². The minimum atomic E-state index is 0.586. The first-order valence-electron chi connectivity index (χ1n) is 6.24. The maximum absolute atomic E-state index is 5.43. The molecule has 1 spiro atoms. The first kappa shape index (κ1) is 10.1. The number of rotatable bonds is 2. The zero-order chi connectivity index (χ0) is 10.1. The van der Waals surface area contributed by atoms with Gasteiger partial charge in [0, 0.05) is 18.6 Å². The minimum Gasteiger partial charge on any atom is -0.381 e. The van der Waals surface area contributed by atoms with Gasteiger partial charge in [-0.05, 0) is 38.3 Å². The summed E-state index contributed by atoms with van der Waals surface area (Å²) in [5.41, 5.74) is 0.586. The van der Waals surface area contributed by atoms with E-state index in [1.54, 1.807) is 0 Å². The molecule has 3 heteroatoms. The summed E-state index contributed by atoms with van der Waals surface area (Å²) < 4.78 is 10.8. The third-order valence-electron chi connectivity index (χ3n) is 4.27. The van der Waals surface area contributed by atoms with E-state index in [9.17, 15) is 0 Å². The average molecular weight is 211 g/mol. The average Bonchev–Trinajstić information content (AvgIpc) is 2.69. The molecule has 3 rings (SSSR count). The van der Waals surface area contributed by atoms with E-state index in [2.05, 4.69) is 4.90 Å².